The van der Waals surface area contributed by atoms with Crippen molar-refractivity contribution in [1.29, 1.82) is 0 Å². The van der Waals surface area contributed by atoms with E-state index in [9.17, 15) is 0 Å². The van der Waals surface area contributed by atoms with Gasteiger partial charge in [0.2, 0.25) is 0 Å². The van der Waals surface area contributed by atoms with E-state index in [4.69, 9.17) is 46.7 Å². The maximum Gasteiger partial charge on any atom is 0.145 e. The van der Waals surface area contributed by atoms with Crippen LogP contribution in [0.5, 0.6) is 0 Å². The summed E-state index contributed by atoms with van der Waals surface area (Å²) in [5.74, 6) is 1.64. The predicted octanol–water partition coefficient (Wildman–Crippen LogP) is 6.03. The fraction of sp³-hybridized carbons (Fsp3) is 0.640. The minimum absolute atomic E-state index is 0.108. The van der Waals surface area contributed by atoms with Crippen molar-refractivity contribution in [2.45, 2.75) is 69.4 Å². The Kier molecular flexibility index (Phi) is 7.03. The van der Waals surface area contributed by atoms with Crippen LogP contribution in [0.4, 0.5) is 0 Å². The summed E-state index contributed by atoms with van der Waals surface area (Å²) in [4.78, 5) is 0. The summed E-state index contributed by atoms with van der Waals surface area (Å²) in [5.41, 5.74) is 1.74. The third-order valence-electron chi connectivity index (χ3n) is 7.11. The number of benzene rings is 1. The summed E-state index contributed by atoms with van der Waals surface area (Å²) < 4.78 is 30.6. The van der Waals surface area contributed by atoms with Gasteiger partial charge >= 0.3 is 0 Å². The Morgan fingerprint density at radius 3 is 2.61 bits per heavy atom. The Morgan fingerprint density at radius 2 is 1.88 bits per heavy atom. The van der Waals surface area contributed by atoms with Crippen molar-refractivity contribution < 1.29 is 23.5 Å². The first-order valence-electron chi connectivity index (χ1n) is 11.8. The molecule has 1 unspecified atom stereocenters. The zero-order valence-corrected chi connectivity index (χ0v) is 20.7. The van der Waals surface area contributed by atoms with E-state index in [1.54, 1.807) is 7.11 Å². The summed E-state index contributed by atoms with van der Waals surface area (Å²) in [6.45, 7) is 4.26. The molecule has 4 atom stereocenters. The molecule has 0 spiro atoms. The molecule has 1 aromatic carbocycles. The number of aromatic nitrogens is 1. The second-order valence-corrected chi connectivity index (χ2v) is 10.5. The largest absolute Gasteiger partial charge is 0.382 e. The maximum atomic E-state index is 6.76. The Labute approximate surface area is 204 Å². The average Bonchev–Trinajstić information content (AvgIpc) is 3.54. The Bertz CT molecular complexity index is 957. The molecule has 3 fully saturated rings. The maximum absolute atomic E-state index is 6.76. The molecule has 8 heteroatoms. The first-order valence-corrected chi connectivity index (χ1v) is 12.5. The molecule has 0 amide bonds. The molecule has 33 heavy (non-hydrogen) atoms. The summed E-state index contributed by atoms with van der Waals surface area (Å²) in [7, 11) is 1.72. The molecule has 1 saturated heterocycles. The number of fused-ring (bicyclic) bond motifs is 3. The van der Waals surface area contributed by atoms with Crippen molar-refractivity contribution in [3.8, 4) is 11.3 Å². The lowest BCUT2D eigenvalue weighted by Gasteiger charge is -2.35. The summed E-state index contributed by atoms with van der Waals surface area (Å²) in [6, 6.07) is 5.46. The molecule has 1 aromatic heterocycles. The van der Waals surface area contributed by atoms with Crippen molar-refractivity contribution in [2.24, 2.45) is 5.92 Å². The number of nitrogens with zero attached hydrogens (tertiary/aromatic N) is 1. The lowest BCUT2D eigenvalue weighted by molar-refractivity contribution is -0.131. The molecule has 2 aliphatic carbocycles. The van der Waals surface area contributed by atoms with Gasteiger partial charge in [-0.1, -0.05) is 41.3 Å². The number of rotatable bonds is 7. The van der Waals surface area contributed by atoms with Gasteiger partial charge in [0.1, 0.15) is 11.5 Å². The van der Waals surface area contributed by atoms with Crippen molar-refractivity contribution in [3.05, 3.63) is 39.6 Å². The minimum atomic E-state index is -0.529. The monoisotopic (exact) mass is 495 g/mol. The highest BCUT2D eigenvalue weighted by Gasteiger charge is 2.44. The highest BCUT2D eigenvalue weighted by atomic mass is 35.5. The molecule has 5 rings (SSSR count). The summed E-state index contributed by atoms with van der Waals surface area (Å²) in [6.07, 6.45) is 4.88. The standard InChI is InChI=1S/C25H31Cl2NO5/c1-15-10-17-11-25(14-29-2,12-21(15)31-9-8-30-17)32-13-18-23(28-33-24(18)16-6-7-16)22-19(26)4-3-5-20(22)27/h3-5,15-17,21H,6-14H2,1-2H3/t15-,17+,21+,25?/m0/s1. The number of hydrogen-bond acceptors (Lipinski definition) is 6. The zero-order valence-electron chi connectivity index (χ0n) is 19.1. The Morgan fingerprint density at radius 1 is 1.12 bits per heavy atom. The van der Waals surface area contributed by atoms with Crippen LogP contribution in [0, 0.1) is 5.92 Å². The zero-order chi connectivity index (χ0) is 23.0. The minimum Gasteiger partial charge on any atom is -0.382 e. The predicted molar refractivity (Wildman–Crippen MR) is 126 cm³/mol. The third-order valence-corrected chi connectivity index (χ3v) is 7.74. The van der Waals surface area contributed by atoms with Gasteiger partial charge in [0, 0.05) is 37.0 Å². The van der Waals surface area contributed by atoms with Gasteiger partial charge in [0.15, 0.2) is 0 Å². The normalized spacial score (nSPS) is 30.1. The number of halogens is 2. The van der Waals surface area contributed by atoms with Crippen LogP contribution in [-0.4, -0.2) is 49.9 Å². The van der Waals surface area contributed by atoms with Crippen LogP contribution in [0.1, 0.15) is 56.3 Å². The quantitative estimate of drug-likeness (QED) is 0.467. The van der Waals surface area contributed by atoms with Crippen LogP contribution in [0.2, 0.25) is 10.0 Å². The van der Waals surface area contributed by atoms with Crippen LogP contribution in [0.3, 0.4) is 0 Å². The van der Waals surface area contributed by atoms with E-state index in [2.05, 4.69) is 12.1 Å². The first kappa shape index (κ1) is 23.6. The van der Waals surface area contributed by atoms with Gasteiger partial charge in [-0.3, -0.25) is 0 Å². The first-order chi connectivity index (χ1) is 16.0. The number of ether oxygens (including phenoxy) is 4. The van der Waals surface area contributed by atoms with Crippen molar-refractivity contribution >= 4 is 23.2 Å². The van der Waals surface area contributed by atoms with Gasteiger partial charge in [-0.15, -0.1) is 0 Å². The van der Waals surface area contributed by atoms with Crippen molar-refractivity contribution in [1.82, 2.24) is 5.16 Å². The lowest BCUT2D eigenvalue weighted by Crippen LogP contribution is -2.42. The second kappa shape index (κ2) is 9.84. The SMILES string of the molecule is COCC1(OCc2c(-c3c(Cl)cccc3Cl)noc2C2CC2)C[C@H]2C[C@H](C)[C@@H](C1)OCCO2. The van der Waals surface area contributed by atoms with Gasteiger partial charge < -0.3 is 23.5 Å². The van der Waals surface area contributed by atoms with Crippen LogP contribution in [-0.2, 0) is 25.6 Å². The topological polar surface area (TPSA) is 63.0 Å². The van der Waals surface area contributed by atoms with Gasteiger partial charge in [-0.25, -0.2) is 0 Å². The third kappa shape index (κ3) is 4.97. The molecule has 6 nitrogen and oxygen atoms in total. The molecule has 1 aliphatic heterocycles. The van der Waals surface area contributed by atoms with Gasteiger partial charge in [-0.2, -0.15) is 0 Å². The fourth-order valence-electron chi connectivity index (χ4n) is 5.29. The van der Waals surface area contributed by atoms with E-state index in [1.165, 1.54) is 0 Å². The van der Waals surface area contributed by atoms with E-state index >= 15 is 0 Å². The fourth-order valence-corrected chi connectivity index (χ4v) is 5.87. The highest BCUT2D eigenvalue weighted by Crippen LogP contribution is 2.47. The van der Waals surface area contributed by atoms with Crippen LogP contribution < -0.4 is 0 Å². The number of methoxy groups -OCH3 is 1. The Balaban J connectivity index is 1.48. The van der Waals surface area contributed by atoms with Gasteiger partial charge in [0.25, 0.3) is 0 Å². The van der Waals surface area contributed by atoms with Crippen molar-refractivity contribution in [3.63, 3.8) is 0 Å². The van der Waals surface area contributed by atoms with Crippen LogP contribution in [0.15, 0.2) is 22.7 Å². The molecule has 0 N–H and O–H groups in total. The molecule has 3 aliphatic rings. The molecule has 0 radical (unpaired) electrons. The molecule has 2 aromatic rings. The molecular formula is C25H31Cl2NO5. The van der Waals surface area contributed by atoms with E-state index in [0.29, 0.717) is 59.6 Å². The van der Waals surface area contributed by atoms with Gasteiger partial charge in [0.05, 0.1) is 54.3 Å². The lowest BCUT2D eigenvalue weighted by atomic mass is 9.91. The number of hydrogen-bond donors (Lipinski definition) is 0. The van der Waals surface area contributed by atoms with Gasteiger partial charge in [-0.05, 0) is 37.3 Å². The summed E-state index contributed by atoms with van der Waals surface area (Å²) in [5, 5.41) is 5.49. The molecule has 2 bridgehead atoms. The molecule has 2 saturated carbocycles. The average molecular weight is 496 g/mol. The molecule has 180 valence electrons. The summed E-state index contributed by atoms with van der Waals surface area (Å²) >= 11 is 13.1. The highest BCUT2D eigenvalue weighted by molar-refractivity contribution is 6.39. The molecular weight excluding hydrogens is 465 g/mol. The van der Waals surface area contributed by atoms with E-state index in [-0.39, 0.29) is 12.2 Å². The second-order valence-electron chi connectivity index (χ2n) is 9.67. The van der Waals surface area contributed by atoms with E-state index < -0.39 is 5.60 Å². The van der Waals surface area contributed by atoms with E-state index in [1.807, 2.05) is 18.2 Å². The van der Waals surface area contributed by atoms with E-state index in [0.717, 1.165) is 43.4 Å². The Hall–Kier alpha value is -1.15. The van der Waals surface area contributed by atoms with Crippen LogP contribution in [0.25, 0.3) is 11.3 Å². The molecule has 2 heterocycles. The smallest absolute Gasteiger partial charge is 0.145 e. The van der Waals surface area contributed by atoms with Crippen molar-refractivity contribution in [2.75, 3.05) is 26.9 Å². The van der Waals surface area contributed by atoms with Crippen LogP contribution >= 0.6 is 23.2 Å².